The second-order valence-electron chi connectivity index (χ2n) is 11.5. The van der Waals surface area contributed by atoms with E-state index in [1.54, 1.807) is 32.9 Å². The number of nitrogens with one attached hydrogen (secondary N) is 2. The molecule has 212 valence electrons. The summed E-state index contributed by atoms with van der Waals surface area (Å²) in [6, 6.07) is 21.6. The lowest BCUT2D eigenvalue weighted by atomic mass is 9.84. The van der Waals surface area contributed by atoms with Crippen LogP contribution in [0, 0.1) is 5.41 Å². The summed E-state index contributed by atoms with van der Waals surface area (Å²) in [5.74, 6) is -0.302. The van der Waals surface area contributed by atoms with E-state index in [1.165, 1.54) is 0 Å². The number of rotatable bonds is 6. The molecule has 0 bridgehead atoms. The predicted molar refractivity (Wildman–Crippen MR) is 157 cm³/mol. The van der Waals surface area contributed by atoms with Gasteiger partial charge in [-0.25, -0.2) is 15.0 Å². The van der Waals surface area contributed by atoms with Crippen molar-refractivity contribution < 1.29 is 23.9 Å². The van der Waals surface area contributed by atoms with Crippen molar-refractivity contribution in [2.45, 2.75) is 60.2 Å². The van der Waals surface area contributed by atoms with Gasteiger partial charge in [-0.2, -0.15) is 5.01 Å². The standard InChI is InChI=1S/C31H38N4O5/c1-30(2,3)24-17-23(32)18-25(33-27(36)31(4,5)6)26(24)35(29(38)40-20-22-15-11-8-12-16-22)34-28(37)39-19-21-13-9-7-10-14-21/h7-18H,19-20,32H2,1-6H3,(H,33,36)(H,34,37). The van der Waals surface area contributed by atoms with Gasteiger partial charge in [-0.15, -0.1) is 0 Å². The maximum absolute atomic E-state index is 13.6. The quantitative estimate of drug-likeness (QED) is 0.238. The van der Waals surface area contributed by atoms with Crippen molar-refractivity contribution in [1.29, 1.82) is 0 Å². The number of carbonyl (C=O) groups excluding carboxylic acids is 3. The van der Waals surface area contributed by atoms with Gasteiger partial charge in [-0.3, -0.25) is 4.79 Å². The van der Waals surface area contributed by atoms with E-state index in [4.69, 9.17) is 15.2 Å². The molecule has 0 aliphatic rings. The van der Waals surface area contributed by atoms with Gasteiger partial charge in [0.05, 0.1) is 11.4 Å². The fourth-order valence-electron chi connectivity index (χ4n) is 3.70. The number of carbonyl (C=O) groups is 3. The van der Waals surface area contributed by atoms with E-state index in [-0.39, 0.29) is 30.5 Å². The van der Waals surface area contributed by atoms with Crippen molar-refractivity contribution >= 4 is 35.2 Å². The zero-order chi connectivity index (χ0) is 29.5. The Labute approximate surface area is 235 Å². The Morgan fingerprint density at radius 3 is 1.82 bits per heavy atom. The molecule has 3 amide bonds. The molecule has 0 atom stereocenters. The molecular weight excluding hydrogens is 508 g/mol. The summed E-state index contributed by atoms with van der Waals surface area (Å²) < 4.78 is 11.0. The molecule has 0 saturated carbocycles. The molecule has 9 nitrogen and oxygen atoms in total. The second kappa shape index (κ2) is 12.5. The summed E-state index contributed by atoms with van der Waals surface area (Å²) in [5, 5.41) is 3.85. The van der Waals surface area contributed by atoms with E-state index in [0.29, 0.717) is 11.3 Å². The zero-order valence-corrected chi connectivity index (χ0v) is 23.9. The third kappa shape index (κ3) is 8.23. The first-order valence-electron chi connectivity index (χ1n) is 13.0. The number of hydrazine groups is 1. The van der Waals surface area contributed by atoms with Gasteiger partial charge in [-0.1, -0.05) is 102 Å². The van der Waals surface area contributed by atoms with E-state index < -0.39 is 23.0 Å². The molecule has 3 rings (SSSR count). The van der Waals surface area contributed by atoms with Crippen molar-refractivity contribution in [3.63, 3.8) is 0 Å². The number of hydrogen-bond donors (Lipinski definition) is 3. The Balaban J connectivity index is 2.04. The van der Waals surface area contributed by atoms with Crippen LogP contribution >= 0.6 is 0 Å². The summed E-state index contributed by atoms with van der Waals surface area (Å²) in [5.41, 5.74) is 10.4. The molecule has 0 unspecified atom stereocenters. The van der Waals surface area contributed by atoms with Crippen LogP contribution in [0.4, 0.5) is 26.7 Å². The summed E-state index contributed by atoms with van der Waals surface area (Å²) in [4.78, 5) is 39.7. The van der Waals surface area contributed by atoms with Crippen LogP contribution in [-0.4, -0.2) is 18.1 Å². The number of hydrogen-bond acceptors (Lipinski definition) is 6. The third-order valence-corrected chi connectivity index (χ3v) is 5.90. The van der Waals surface area contributed by atoms with E-state index in [2.05, 4.69) is 10.7 Å². The Hall–Kier alpha value is -4.53. The minimum absolute atomic E-state index is 0.0128. The lowest BCUT2D eigenvalue weighted by molar-refractivity contribution is -0.123. The SMILES string of the molecule is CC(C)(C)C(=O)Nc1cc(N)cc(C(C)(C)C)c1N(NC(=O)OCc1ccccc1)C(=O)OCc1ccccc1. The summed E-state index contributed by atoms with van der Waals surface area (Å²) >= 11 is 0. The lowest BCUT2D eigenvalue weighted by Crippen LogP contribution is -2.48. The molecule has 9 heteroatoms. The highest BCUT2D eigenvalue weighted by atomic mass is 16.6. The van der Waals surface area contributed by atoms with Crippen LogP contribution < -0.4 is 21.5 Å². The van der Waals surface area contributed by atoms with Gasteiger partial charge in [0.25, 0.3) is 0 Å². The van der Waals surface area contributed by atoms with Crippen LogP contribution in [0.3, 0.4) is 0 Å². The van der Waals surface area contributed by atoms with Gasteiger partial charge in [-0.05, 0) is 34.2 Å². The molecule has 0 aliphatic carbocycles. The number of anilines is 3. The van der Waals surface area contributed by atoms with Crippen LogP contribution in [0.1, 0.15) is 58.2 Å². The largest absolute Gasteiger partial charge is 0.443 e. The molecule has 0 radical (unpaired) electrons. The van der Waals surface area contributed by atoms with E-state index in [0.717, 1.165) is 16.1 Å². The van der Waals surface area contributed by atoms with Crippen molar-refractivity contribution in [3.8, 4) is 0 Å². The van der Waals surface area contributed by atoms with Crippen LogP contribution in [0.25, 0.3) is 0 Å². The summed E-state index contributed by atoms with van der Waals surface area (Å²) in [6.07, 6.45) is -1.76. The Morgan fingerprint density at radius 1 is 0.800 bits per heavy atom. The van der Waals surface area contributed by atoms with E-state index >= 15 is 0 Å². The first kappa shape index (κ1) is 30.0. The monoisotopic (exact) mass is 546 g/mol. The first-order chi connectivity index (χ1) is 18.8. The number of amides is 3. The highest BCUT2D eigenvalue weighted by molar-refractivity contribution is 6.03. The first-order valence-corrected chi connectivity index (χ1v) is 13.0. The topological polar surface area (TPSA) is 123 Å². The normalized spacial score (nSPS) is 11.3. The number of ether oxygens (including phenoxy) is 2. The fraction of sp³-hybridized carbons (Fsp3) is 0.323. The van der Waals surface area contributed by atoms with Crippen LogP contribution in [0.5, 0.6) is 0 Å². The van der Waals surface area contributed by atoms with E-state index in [9.17, 15) is 14.4 Å². The van der Waals surface area contributed by atoms with Gasteiger partial charge in [0.1, 0.15) is 13.2 Å². The minimum Gasteiger partial charge on any atom is -0.443 e. The fourth-order valence-corrected chi connectivity index (χ4v) is 3.70. The predicted octanol–water partition coefficient (Wildman–Crippen LogP) is 6.54. The molecule has 0 spiro atoms. The van der Waals surface area contributed by atoms with Crippen molar-refractivity contribution in [2.75, 3.05) is 16.1 Å². The van der Waals surface area contributed by atoms with E-state index in [1.807, 2.05) is 81.4 Å². The average Bonchev–Trinajstić information content (AvgIpc) is 2.89. The Bertz CT molecular complexity index is 1330. The Kier molecular flexibility index (Phi) is 9.42. The number of nitrogens with zero attached hydrogens (tertiary/aromatic N) is 1. The van der Waals surface area contributed by atoms with Gasteiger partial charge < -0.3 is 20.5 Å². The molecule has 0 aromatic heterocycles. The molecule has 4 N–H and O–H groups in total. The van der Waals surface area contributed by atoms with Gasteiger partial charge in [0.15, 0.2) is 0 Å². The highest BCUT2D eigenvalue weighted by Gasteiger charge is 2.33. The number of nitrogens with two attached hydrogens (primary N) is 1. The second-order valence-corrected chi connectivity index (χ2v) is 11.5. The zero-order valence-electron chi connectivity index (χ0n) is 23.9. The number of nitrogen functional groups attached to an aromatic ring is 1. The van der Waals surface area contributed by atoms with Crippen LogP contribution in [0.15, 0.2) is 72.8 Å². The minimum atomic E-state index is -0.884. The number of benzene rings is 3. The molecule has 0 heterocycles. The van der Waals surface area contributed by atoms with Crippen molar-refractivity contribution in [2.24, 2.45) is 5.41 Å². The molecule has 0 fully saturated rings. The highest BCUT2D eigenvalue weighted by Crippen LogP contribution is 2.40. The van der Waals surface area contributed by atoms with Crippen LogP contribution in [0.2, 0.25) is 0 Å². The molecule has 3 aromatic carbocycles. The van der Waals surface area contributed by atoms with Crippen molar-refractivity contribution in [1.82, 2.24) is 5.43 Å². The molecule has 0 aliphatic heterocycles. The maximum Gasteiger partial charge on any atom is 0.434 e. The third-order valence-electron chi connectivity index (χ3n) is 5.90. The summed E-state index contributed by atoms with van der Waals surface area (Å²) in [7, 11) is 0. The average molecular weight is 547 g/mol. The summed E-state index contributed by atoms with van der Waals surface area (Å²) in [6.45, 7) is 11.0. The molecule has 40 heavy (non-hydrogen) atoms. The lowest BCUT2D eigenvalue weighted by Gasteiger charge is -2.32. The van der Waals surface area contributed by atoms with Gasteiger partial charge in [0.2, 0.25) is 5.91 Å². The molecular formula is C31H38N4O5. The Morgan fingerprint density at radius 2 is 1.32 bits per heavy atom. The van der Waals surface area contributed by atoms with Gasteiger partial charge in [0, 0.05) is 11.1 Å². The smallest absolute Gasteiger partial charge is 0.434 e. The molecule has 0 saturated heterocycles. The van der Waals surface area contributed by atoms with Crippen molar-refractivity contribution in [3.05, 3.63) is 89.5 Å². The molecule has 3 aromatic rings. The van der Waals surface area contributed by atoms with Gasteiger partial charge >= 0.3 is 12.2 Å². The van der Waals surface area contributed by atoms with Crippen LogP contribution in [-0.2, 0) is 32.9 Å². The maximum atomic E-state index is 13.6.